The Morgan fingerprint density at radius 1 is 1.03 bits per heavy atom. The van der Waals surface area contributed by atoms with E-state index in [0.717, 1.165) is 30.0 Å². The number of nitrogens with zero attached hydrogens (tertiary/aromatic N) is 2. The maximum absolute atomic E-state index is 12.5. The molecule has 2 aromatic rings. The van der Waals surface area contributed by atoms with Crippen molar-refractivity contribution in [2.75, 3.05) is 31.1 Å². The van der Waals surface area contributed by atoms with Crippen LogP contribution in [0.1, 0.15) is 36.0 Å². The normalized spacial score (nSPS) is 14.3. The number of urea groups is 1. The maximum atomic E-state index is 12.5. The van der Waals surface area contributed by atoms with Crippen LogP contribution in [0.25, 0.3) is 0 Å². The average Bonchev–Trinajstić information content (AvgIpc) is 2.77. The molecule has 0 atom stereocenters. The molecular weight excluding hydrogens is 414 g/mol. The number of benzene rings is 1. The Hall–Kier alpha value is -2.65. The van der Waals surface area contributed by atoms with Gasteiger partial charge in [0.2, 0.25) is 10.0 Å². The lowest BCUT2D eigenvalue weighted by Crippen LogP contribution is -2.40. The zero-order chi connectivity index (χ0) is 22.3. The molecule has 2 heterocycles. The van der Waals surface area contributed by atoms with Crippen LogP contribution in [0.15, 0.2) is 41.4 Å². The van der Waals surface area contributed by atoms with E-state index >= 15 is 0 Å². The predicted molar refractivity (Wildman–Crippen MR) is 122 cm³/mol. The number of amides is 2. The molecule has 8 nitrogen and oxygen atoms in total. The highest BCUT2D eigenvalue weighted by atomic mass is 32.2. The van der Waals surface area contributed by atoms with E-state index in [0.29, 0.717) is 12.1 Å². The summed E-state index contributed by atoms with van der Waals surface area (Å²) in [4.78, 5) is 19.0. The summed E-state index contributed by atoms with van der Waals surface area (Å²) in [5.41, 5.74) is 2.54. The molecule has 1 aromatic heterocycles. The van der Waals surface area contributed by atoms with Gasteiger partial charge in [-0.05, 0) is 68.0 Å². The zero-order valence-corrected chi connectivity index (χ0v) is 19.0. The van der Waals surface area contributed by atoms with E-state index in [4.69, 9.17) is 0 Å². The Morgan fingerprint density at radius 3 is 2.58 bits per heavy atom. The molecule has 1 aliphatic rings. The second-order valence-corrected chi connectivity index (χ2v) is 9.58. The molecule has 0 saturated carbocycles. The molecule has 1 aromatic carbocycles. The summed E-state index contributed by atoms with van der Waals surface area (Å²) < 4.78 is 27.5. The first-order valence-corrected chi connectivity index (χ1v) is 12.1. The van der Waals surface area contributed by atoms with Crippen molar-refractivity contribution in [3.8, 4) is 0 Å². The summed E-state index contributed by atoms with van der Waals surface area (Å²) in [6.07, 6.45) is 5.39. The Morgan fingerprint density at radius 2 is 1.81 bits per heavy atom. The van der Waals surface area contributed by atoms with Crippen molar-refractivity contribution in [1.82, 2.24) is 20.3 Å². The van der Waals surface area contributed by atoms with Crippen LogP contribution < -0.4 is 20.3 Å². The molecule has 3 rings (SSSR count). The monoisotopic (exact) mass is 445 g/mol. The predicted octanol–water partition coefficient (Wildman–Crippen LogP) is 2.47. The van der Waals surface area contributed by atoms with Crippen LogP contribution in [0.2, 0.25) is 0 Å². The molecule has 0 aliphatic carbocycles. The van der Waals surface area contributed by atoms with Gasteiger partial charge in [0.25, 0.3) is 0 Å². The molecule has 1 fully saturated rings. The van der Waals surface area contributed by atoms with Gasteiger partial charge in [-0.1, -0.05) is 12.1 Å². The molecule has 31 heavy (non-hydrogen) atoms. The van der Waals surface area contributed by atoms with Gasteiger partial charge in [-0.3, -0.25) is 0 Å². The van der Waals surface area contributed by atoms with Gasteiger partial charge in [-0.25, -0.2) is 22.9 Å². The number of aromatic nitrogens is 1. The highest BCUT2D eigenvalue weighted by Crippen LogP contribution is 2.18. The lowest BCUT2D eigenvalue weighted by molar-refractivity contribution is 0.240. The minimum atomic E-state index is -3.62. The fourth-order valence-corrected chi connectivity index (χ4v) is 4.91. The summed E-state index contributed by atoms with van der Waals surface area (Å²) in [6, 6.07) is 8.84. The molecule has 3 N–H and O–H groups in total. The Balaban J connectivity index is 1.42. The quantitative estimate of drug-likeness (QED) is 0.542. The molecule has 1 aliphatic heterocycles. The van der Waals surface area contributed by atoms with Crippen LogP contribution in [0.5, 0.6) is 0 Å². The third kappa shape index (κ3) is 6.67. The maximum Gasteiger partial charge on any atom is 0.315 e. The van der Waals surface area contributed by atoms with E-state index in [9.17, 15) is 13.2 Å². The molecule has 9 heteroatoms. The second-order valence-electron chi connectivity index (χ2n) is 7.85. The fraction of sp³-hybridized carbons (Fsp3) is 0.455. The van der Waals surface area contributed by atoms with Gasteiger partial charge in [-0.2, -0.15) is 0 Å². The molecule has 168 valence electrons. The number of anilines is 1. The Kier molecular flexibility index (Phi) is 7.86. The standard InChI is InChI=1S/C22H31N5O3S/c1-17-6-7-18(2)20(14-17)31(29,30)26-11-10-24-22(28)25-16-19-8-9-23-21(15-19)27-12-4-3-5-13-27/h6-9,14-15,26H,3-5,10-13,16H2,1-2H3,(H2,24,25,28). The first-order chi connectivity index (χ1) is 14.8. The number of piperidine rings is 1. The zero-order valence-electron chi connectivity index (χ0n) is 18.1. The van der Waals surface area contributed by atoms with Crippen molar-refractivity contribution in [2.45, 2.75) is 44.6 Å². The number of nitrogens with one attached hydrogen (secondary N) is 3. The van der Waals surface area contributed by atoms with Gasteiger partial charge in [0, 0.05) is 38.9 Å². The number of rotatable bonds is 8. The van der Waals surface area contributed by atoms with Gasteiger partial charge in [0.15, 0.2) is 0 Å². The summed E-state index contributed by atoms with van der Waals surface area (Å²) in [5.74, 6) is 0.945. The molecule has 1 saturated heterocycles. The molecule has 0 bridgehead atoms. The number of carbonyl (C=O) groups excluding carboxylic acids is 1. The Bertz CT molecular complexity index is 1000. The highest BCUT2D eigenvalue weighted by molar-refractivity contribution is 7.89. The van der Waals surface area contributed by atoms with E-state index < -0.39 is 10.0 Å². The molecule has 0 spiro atoms. The third-order valence-electron chi connectivity index (χ3n) is 5.28. The molecule has 2 amide bonds. The topological polar surface area (TPSA) is 103 Å². The van der Waals surface area contributed by atoms with Crippen molar-refractivity contribution in [3.05, 3.63) is 53.2 Å². The van der Waals surface area contributed by atoms with E-state index in [-0.39, 0.29) is 24.0 Å². The SMILES string of the molecule is Cc1ccc(C)c(S(=O)(=O)NCCNC(=O)NCc2ccnc(N3CCCCC3)c2)c1. The highest BCUT2D eigenvalue weighted by Gasteiger charge is 2.16. The van der Waals surface area contributed by atoms with Crippen LogP contribution in [0.4, 0.5) is 10.6 Å². The lowest BCUT2D eigenvalue weighted by Gasteiger charge is -2.27. The fourth-order valence-electron chi connectivity index (χ4n) is 3.55. The summed E-state index contributed by atoms with van der Waals surface area (Å²) in [5, 5.41) is 5.48. The molecule has 0 unspecified atom stereocenters. The van der Waals surface area contributed by atoms with Gasteiger partial charge in [0.1, 0.15) is 5.82 Å². The van der Waals surface area contributed by atoms with Gasteiger partial charge in [0.05, 0.1) is 4.90 Å². The largest absolute Gasteiger partial charge is 0.357 e. The third-order valence-corrected chi connectivity index (χ3v) is 6.88. The number of carbonyl (C=O) groups is 1. The van der Waals surface area contributed by atoms with Crippen LogP contribution in [0.3, 0.4) is 0 Å². The second kappa shape index (κ2) is 10.6. The summed E-state index contributed by atoms with van der Waals surface area (Å²) >= 11 is 0. The van der Waals surface area contributed by atoms with Gasteiger partial charge in [-0.15, -0.1) is 0 Å². The smallest absolute Gasteiger partial charge is 0.315 e. The molecular formula is C22H31N5O3S. The van der Waals surface area contributed by atoms with Crippen LogP contribution in [-0.2, 0) is 16.6 Å². The van der Waals surface area contributed by atoms with Crippen molar-refractivity contribution in [3.63, 3.8) is 0 Å². The van der Waals surface area contributed by atoms with E-state index in [2.05, 4.69) is 25.2 Å². The number of hydrogen-bond donors (Lipinski definition) is 3. The first kappa shape index (κ1) is 23.0. The van der Waals surface area contributed by atoms with E-state index in [1.165, 1.54) is 19.3 Å². The molecule has 0 radical (unpaired) electrons. The van der Waals surface area contributed by atoms with E-state index in [1.807, 2.05) is 25.1 Å². The lowest BCUT2D eigenvalue weighted by atomic mass is 10.1. The number of aryl methyl sites for hydroxylation is 2. The van der Waals surface area contributed by atoms with Crippen molar-refractivity contribution in [2.24, 2.45) is 0 Å². The minimum absolute atomic E-state index is 0.109. The van der Waals surface area contributed by atoms with Crippen molar-refractivity contribution in [1.29, 1.82) is 0 Å². The number of sulfonamides is 1. The van der Waals surface area contributed by atoms with Crippen LogP contribution in [-0.4, -0.2) is 45.6 Å². The minimum Gasteiger partial charge on any atom is -0.357 e. The number of pyridine rings is 1. The average molecular weight is 446 g/mol. The van der Waals surface area contributed by atoms with Crippen molar-refractivity contribution >= 4 is 21.9 Å². The van der Waals surface area contributed by atoms with Gasteiger partial charge >= 0.3 is 6.03 Å². The van der Waals surface area contributed by atoms with Crippen LogP contribution in [0, 0.1) is 13.8 Å². The van der Waals surface area contributed by atoms with Gasteiger partial charge < -0.3 is 15.5 Å². The Labute approximate surface area is 184 Å². The van der Waals surface area contributed by atoms with Crippen molar-refractivity contribution < 1.29 is 13.2 Å². The summed E-state index contributed by atoms with van der Waals surface area (Å²) in [7, 11) is -3.62. The number of hydrogen-bond acceptors (Lipinski definition) is 5. The van der Waals surface area contributed by atoms with E-state index in [1.54, 1.807) is 25.3 Å². The first-order valence-electron chi connectivity index (χ1n) is 10.6. The summed E-state index contributed by atoms with van der Waals surface area (Å²) in [6.45, 7) is 6.31. The van der Waals surface area contributed by atoms with Crippen LogP contribution >= 0.6 is 0 Å².